The molecule has 1 heterocycles. The maximum absolute atomic E-state index is 12.8. The van der Waals surface area contributed by atoms with Crippen LogP contribution in [0, 0.1) is 10.1 Å². The minimum absolute atomic E-state index is 0.101. The van der Waals surface area contributed by atoms with Gasteiger partial charge in [-0.2, -0.15) is 0 Å². The molecule has 0 aliphatic carbocycles. The van der Waals surface area contributed by atoms with E-state index < -0.39 is 0 Å². The Bertz CT molecular complexity index is 907. The summed E-state index contributed by atoms with van der Waals surface area (Å²) in [6.45, 7) is 4.11. The largest absolute Gasteiger partial charge is 0.334 e. The summed E-state index contributed by atoms with van der Waals surface area (Å²) in [6.07, 6.45) is 1.59. The van der Waals surface area contributed by atoms with Crippen molar-refractivity contribution in [2.24, 2.45) is 0 Å². The highest BCUT2D eigenvalue weighted by molar-refractivity contribution is 6.00. The number of amides is 2. The average molecular weight is 351 g/mol. The molecule has 0 radical (unpaired) electrons. The van der Waals surface area contributed by atoms with Crippen LogP contribution in [-0.4, -0.2) is 28.2 Å². The molecule has 26 heavy (non-hydrogen) atoms. The van der Waals surface area contributed by atoms with Crippen molar-refractivity contribution < 1.29 is 14.5 Å². The van der Waals surface area contributed by atoms with Crippen LogP contribution in [0.5, 0.6) is 0 Å². The van der Waals surface area contributed by atoms with Gasteiger partial charge in [0.05, 0.1) is 4.92 Å². The van der Waals surface area contributed by atoms with Gasteiger partial charge >= 0.3 is 0 Å². The second-order valence-corrected chi connectivity index (χ2v) is 5.92. The molecule has 1 aliphatic rings. The van der Waals surface area contributed by atoms with Crippen LogP contribution in [0.2, 0.25) is 0 Å². The Morgan fingerprint density at radius 1 is 1.23 bits per heavy atom. The smallest absolute Gasteiger partial charge is 0.272 e. The summed E-state index contributed by atoms with van der Waals surface area (Å²) in [4.78, 5) is 36.6. The molecular weight excluding hydrogens is 334 g/mol. The molecule has 3 rings (SSSR count). The zero-order valence-electron chi connectivity index (χ0n) is 14.0. The highest BCUT2D eigenvalue weighted by Gasteiger charge is 2.26. The summed E-state index contributed by atoms with van der Waals surface area (Å²) in [5, 5.41) is 13.8. The number of hydrogen-bond acceptors (Lipinski definition) is 4. The van der Waals surface area contributed by atoms with Gasteiger partial charge in [0.2, 0.25) is 5.91 Å². The van der Waals surface area contributed by atoms with E-state index in [1.165, 1.54) is 6.07 Å². The molecule has 1 N–H and O–H groups in total. The Kier molecular flexibility index (Phi) is 4.79. The van der Waals surface area contributed by atoms with E-state index in [1.54, 1.807) is 35.2 Å². The van der Waals surface area contributed by atoms with Crippen molar-refractivity contribution in [3.63, 3.8) is 0 Å². The van der Waals surface area contributed by atoms with Crippen LogP contribution in [0.4, 0.5) is 11.4 Å². The topological polar surface area (TPSA) is 92.6 Å². The van der Waals surface area contributed by atoms with Gasteiger partial charge in [-0.3, -0.25) is 19.7 Å². The summed E-state index contributed by atoms with van der Waals surface area (Å²) in [6, 6.07) is 11.6. The Balaban J connectivity index is 1.81. The Hall–Kier alpha value is -3.48. The first kappa shape index (κ1) is 17.3. The third kappa shape index (κ3) is 3.46. The van der Waals surface area contributed by atoms with Crippen LogP contribution < -0.4 is 5.32 Å². The second kappa shape index (κ2) is 7.18. The van der Waals surface area contributed by atoms with Crippen molar-refractivity contribution in [3.8, 4) is 0 Å². The van der Waals surface area contributed by atoms with E-state index in [0.29, 0.717) is 36.3 Å². The zero-order valence-corrected chi connectivity index (χ0v) is 14.0. The van der Waals surface area contributed by atoms with Crippen molar-refractivity contribution in [2.45, 2.75) is 13.0 Å². The number of nitro benzene ring substituents is 1. The maximum Gasteiger partial charge on any atom is 0.272 e. The molecule has 2 aromatic carbocycles. The van der Waals surface area contributed by atoms with Crippen LogP contribution in [0.1, 0.15) is 21.5 Å². The van der Waals surface area contributed by atoms with E-state index in [2.05, 4.69) is 11.9 Å². The van der Waals surface area contributed by atoms with Crippen molar-refractivity contribution in [2.75, 3.05) is 11.9 Å². The molecular formula is C19H17N3O4. The van der Waals surface area contributed by atoms with E-state index in [4.69, 9.17) is 0 Å². The minimum atomic E-state index is -0.387. The Labute approximate surface area is 150 Å². The molecule has 0 unspecified atom stereocenters. The lowest BCUT2D eigenvalue weighted by Crippen LogP contribution is -2.36. The van der Waals surface area contributed by atoms with Crippen molar-refractivity contribution in [3.05, 3.63) is 81.9 Å². The summed E-state index contributed by atoms with van der Waals surface area (Å²) in [5.41, 5.74) is 2.53. The van der Waals surface area contributed by atoms with Crippen LogP contribution >= 0.6 is 0 Å². The van der Waals surface area contributed by atoms with Gasteiger partial charge in [-0.05, 0) is 36.3 Å². The SMILES string of the molecule is C=CC(=O)Nc1cccc(C(=O)N2CCc3c(cccc3[N+](=O)[O-])C2)c1. The van der Waals surface area contributed by atoms with E-state index in [-0.39, 0.29) is 22.4 Å². The Morgan fingerprint density at radius 2 is 2.00 bits per heavy atom. The molecule has 2 amide bonds. The number of nitro groups is 1. The number of carbonyl (C=O) groups excluding carboxylic acids is 2. The van der Waals surface area contributed by atoms with Crippen molar-refractivity contribution in [1.82, 2.24) is 4.90 Å². The fraction of sp³-hybridized carbons (Fsp3) is 0.158. The number of hydrogen-bond donors (Lipinski definition) is 1. The molecule has 0 saturated carbocycles. The number of anilines is 1. The highest BCUT2D eigenvalue weighted by atomic mass is 16.6. The third-order valence-electron chi connectivity index (χ3n) is 4.29. The molecule has 0 fully saturated rings. The van der Waals surface area contributed by atoms with Crippen molar-refractivity contribution >= 4 is 23.2 Å². The third-order valence-corrected chi connectivity index (χ3v) is 4.29. The number of nitrogens with zero attached hydrogens (tertiary/aromatic N) is 2. The van der Waals surface area contributed by atoms with Gasteiger partial charge in [-0.25, -0.2) is 0 Å². The molecule has 2 aromatic rings. The average Bonchev–Trinajstić information content (AvgIpc) is 2.66. The number of rotatable bonds is 4. The first-order chi connectivity index (χ1) is 12.5. The quantitative estimate of drug-likeness (QED) is 0.521. The van der Waals surface area contributed by atoms with Gasteiger partial charge in [0.15, 0.2) is 0 Å². The zero-order chi connectivity index (χ0) is 18.7. The molecule has 0 saturated heterocycles. The van der Waals surface area contributed by atoms with Gasteiger partial charge in [0.25, 0.3) is 11.6 Å². The fourth-order valence-electron chi connectivity index (χ4n) is 3.04. The summed E-state index contributed by atoms with van der Waals surface area (Å²) < 4.78 is 0. The molecule has 0 spiro atoms. The Morgan fingerprint density at radius 3 is 2.73 bits per heavy atom. The lowest BCUT2D eigenvalue weighted by molar-refractivity contribution is -0.385. The van der Waals surface area contributed by atoms with Gasteiger partial charge in [-0.15, -0.1) is 0 Å². The maximum atomic E-state index is 12.8. The van der Waals surface area contributed by atoms with Crippen LogP contribution in [-0.2, 0) is 17.8 Å². The van der Waals surface area contributed by atoms with E-state index >= 15 is 0 Å². The van der Waals surface area contributed by atoms with Gasteiger partial charge < -0.3 is 10.2 Å². The predicted octanol–water partition coefficient (Wildman–Crippen LogP) is 2.92. The van der Waals surface area contributed by atoms with E-state index in [0.717, 1.165) is 11.6 Å². The molecule has 7 heteroatoms. The minimum Gasteiger partial charge on any atom is -0.334 e. The monoisotopic (exact) mass is 351 g/mol. The van der Waals surface area contributed by atoms with Crippen LogP contribution in [0.25, 0.3) is 0 Å². The van der Waals surface area contributed by atoms with Gasteiger partial charge in [-0.1, -0.05) is 24.8 Å². The molecule has 1 aliphatic heterocycles. The van der Waals surface area contributed by atoms with Crippen LogP contribution in [0.3, 0.4) is 0 Å². The number of nitrogens with one attached hydrogen (secondary N) is 1. The molecule has 0 bridgehead atoms. The van der Waals surface area contributed by atoms with Gasteiger partial charge in [0.1, 0.15) is 0 Å². The summed E-state index contributed by atoms with van der Waals surface area (Å²) in [7, 11) is 0. The lowest BCUT2D eigenvalue weighted by atomic mass is 9.97. The van der Waals surface area contributed by atoms with E-state index in [9.17, 15) is 19.7 Å². The first-order valence-electron chi connectivity index (χ1n) is 8.07. The number of fused-ring (bicyclic) bond motifs is 1. The normalized spacial score (nSPS) is 12.8. The standard InChI is InChI=1S/C19H17N3O4/c1-2-18(23)20-15-7-3-5-13(11-15)19(24)21-10-9-16-14(12-21)6-4-8-17(16)22(25)26/h2-8,11H,1,9-10,12H2,(H,20,23). The summed E-state index contributed by atoms with van der Waals surface area (Å²) >= 11 is 0. The molecule has 0 aromatic heterocycles. The molecule has 0 atom stereocenters. The first-order valence-corrected chi connectivity index (χ1v) is 8.07. The lowest BCUT2D eigenvalue weighted by Gasteiger charge is -2.28. The highest BCUT2D eigenvalue weighted by Crippen LogP contribution is 2.28. The fourth-order valence-corrected chi connectivity index (χ4v) is 3.04. The van der Waals surface area contributed by atoms with Crippen LogP contribution in [0.15, 0.2) is 55.1 Å². The van der Waals surface area contributed by atoms with Gasteiger partial charge in [0, 0.05) is 36.0 Å². The van der Waals surface area contributed by atoms with E-state index in [1.807, 2.05) is 6.07 Å². The second-order valence-electron chi connectivity index (χ2n) is 5.92. The molecule has 132 valence electrons. The number of carbonyl (C=O) groups is 2. The van der Waals surface area contributed by atoms with Crippen molar-refractivity contribution in [1.29, 1.82) is 0 Å². The predicted molar refractivity (Wildman–Crippen MR) is 96.8 cm³/mol. The summed E-state index contributed by atoms with van der Waals surface area (Å²) in [5.74, 6) is -0.536. The molecule has 7 nitrogen and oxygen atoms in total. The number of benzene rings is 2.